The average Bonchev–Trinajstić information content (AvgIpc) is 4.07. The van der Waals surface area contributed by atoms with E-state index in [9.17, 15) is 0 Å². The van der Waals surface area contributed by atoms with Crippen molar-refractivity contribution in [2.75, 3.05) is 6.16 Å². The molecule has 5 unspecified atom stereocenters. The maximum atomic E-state index is 2.93. The van der Waals surface area contributed by atoms with Crippen LogP contribution in [0.25, 0.3) is 0 Å². The van der Waals surface area contributed by atoms with Gasteiger partial charge in [-0.2, -0.15) is 0 Å². The van der Waals surface area contributed by atoms with Crippen molar-refractivity contribution in [3.63, 3.8) is 0 Å². The summed E-state index contributed by atoms with van der Waals surface area (Å²) < 4.78 is 2.32. The Labute approximate surface area is 298 Å². The molecule has 10 aliphatic heterocycles. The first-order valence-corrected chi connectivity index (χ1v) is 30.3. The summed E-state index contributed by atoms with van der Waals surface area (Å²) in [5, 5.41) is 0. The van der Waals surface area contributed by atoms with Crippen LogP contribution < -0.4 is 0 Å². The Morgan fingerprint density at radius 3 is 1.31 bits per heavy atom. The predicted octanol–water partition coefficient (Wildman–Crippen LogP) is 13.6. The van der Waals surface area contributed by atoms with Crippen LogP contribution in [0, 0.1) is 47.3 Å². The molecule has 0 amide bonds. The Balaban J connectivity index is 0.912. The van der Waals surface area contributed by atoms with E-state index in [0.29, 0.717) is 15.1 Å². The van der Waals surface area contributed by atoms with Crippen LogP contribution in [-0.2, 0) is 17.3 Å². The van der Waals surface area contributed by atoms with Gasteiger partial charge in [0, 0.05) is 0 Å². The van der Waals surface area contributed by atoms with E-state index in [-0.39, 0.29) is 7.92 Å². The van der Waals surface area contributed by atoms with Gasteiger partial charge in [-0.25, -0.2) is 0 Å². The monoisotopic (exact) mass is 736 g/mol. The molecule has 2 heteroatoms. The number of hydrogen-bond donors (Lipinski definition) is 0. The molecule has 18 aliphatic rings. The second-order valence-electron chi connectivity index (χ2n) is 26.5. The van der Waals surface area contributed by atoms with E-state index in [1.807, 2.05) is 6.16 Å². The van der Waals surface area contributed by atoms with Crippen LogP contribution >= 0.6 is 7.92 Å². The SMILES string of the molecule is CC(C)(c1ccccc1)[C]12[CH]3[CH]4[C]5(CP(C6C7CC8CC(C7)CC6C8)C6C7CC8CC(C7)CC6C8)[C]1(C(C)(C)c1ccccc1)[Fe]43521678[CH]2[CH]1[CH]6[CH]7[CH]28. The molecule has 0 radical (unpaired) electrons. The zero-order valence-electron chi connectivity index (χ0n) is 31.7. The third kappa shape index (κ3) is 0.878. The maximum absolute atomic E-state index is 4.23. The molecular weight excluding hydrogens is 675 g/mol. The number of benzene rings is 2. The summed E-state index contributed by atoms with van der Waals surface area (Å²) in [6.07, 6.45) is 18.5. The first kappa shape index (κ1) is 27.1. The predicted molar refractivity (Wildman–Crippen MR) is 207 cm³/mol. The van der Waals surface area contributed by atoms with Crippen molar-refractivity contribution in [1.29, 1.82) is 0 Å². The molecule has 20 rings (SSSR count). The first-order valence-electron chi connectivity index (χ1n) is 22.5. The van der Waals surface area contributed by atoms with Crippen LogP contribution in [0.15, 0.2) is 60.7 Å². The van der Waals surface area contributed by atoms with Gasteiger partial charge in [0.1, 0.15) is 0 Å². The molecule has 10 heterocycles. The third-order valence-corrected chi connectivity index (χ3v) is 78.6. The van der Waals surface area contributed by atoms with E-state index in [2.05, 4.69) is 88.4 Å². The third-order valence-electron chi connectivity index (χ3n) is 29.6. The molecule has 1 spiro atoms. The summed E-state index contributed by atoms with van der Waals surface area (Å²) in [4.78, 5) is 9.21. The van der Waals surface area contributed by atoms with Crippen molar-refractivity contribution in [2.24, 2.45) is 47.3 Å². The van der Waals surface area contributed by atoms with Crippen molar-refractivity contribution in [2.45, 2.75) is 161 Å². The zero-order chi connectivity index (χ0) is 33.2. The van der Waals surface area contributed by atoms with Gasteiger partial charge in [-0.1, -0.05) is 0 Å². The minimum absolute atomic E-state index is 0.108. The van der Waals surface area contributed by atoms with Crippen LogP contribution in [0.1, 0.15) is 103 Å². The second kappa shape index (κ2) is 4.79. The minimum atomic E-state index is -4.23. The normalized spacial score (nSPS) is 73.4. The van der Waals surface area contributed by atoms with E-state index >= 15 is 0 Å². The van der Waals surface area contributed by atoms with Crippen molar-refractivity contribution in [3.05, 3.63) is 71.8 Å². The zero-order valence-corrected chi connectivity index (χ0v) is 33.7. The van der Waals surface area contributed by atoms with Crippen LogP contribution in [0.4, 0.5) is 0 Å². The second-order valence-corrected chi connectivity index (χ2v) is 52.0. The fraction of sp³-hybridized carbons (Fsp3) is 0.755. The molecule has 5 atom stereocenters. The van der Waals surface area contributed by atoms with E-state index < -0.39 is 6.51 Å². The summed E-state index contributed by atoms with van der Waals surface area (Å²) in [6.45, 7) is 7.41. The fourth-order valence-corrected chi connectivity index (χ4v) is 124. The van der Waals surface area contributed by atoms with Crippen molar-refractivity contribution in [3.8, 4) is 0 Å². The molecule has 270 valence electrons. The fourth-order valence-electron chi connectivity index (χ4n) is 33.3. The van der Waals surface area contributed by atoms with Gasteiger partial charge in [-0.05, 0) is 0 Å². The van der Waals surface area contributed by atoms with E-state index in [0.717, 1.165) is 56.0 Å². The Bertz CT molecular complexity index is 2360. The summed E-state index contributed by atoms with van der Waals surface area (Å²) >= 11 is 0. The molecule has 51 heavy (non-hydrogen) atoms. The van der Waals surface area contributed by atoms with Gasteiger partial charge in [-0.15, -0.1) is 0 Å². The Morgan fingerprint density at radius 2 is 0.922 bits per heavy atom. The first-order chi connectivity index (χ1) is 24.5. The Morgan fingerprint density at radius 1 is 0.529 bits per heavy atom. The number of hydrogen-bond acceptors (Lipinski definition) is 0. The van der Waals surface area contributed by atoms with E-state index in [1.54, 1.807) is 75.3 Å². The topological polar surface area (TPSA) is 0 Å². The molecule has 8 aliphatic carbocycles. The van der Waals surface area contributed by atoms with Gasteiger partial charge in [0.05, 0.1) is 0 Å². The van der Waals surface area contributed by atoms with Crippen LogP contribution in [-0.4, -0.2) is 17.5 Å². The molecule has 0 N–H and O–H groups in total. The standard InChI is InChI=1S/C44H56P.C5H5.Fe/c1-43(2,37-11-7-5-8-12-37)39-16-15-32(40(39)44(3,4)38-13-9-6-10-14-38)27-45(41-33-19-28-17-29(21-33)22-34(41)20-28)42-35-23-30-18-31(25-35)26-36(42)24-30;1-2-4-5-3-1;/h5-16,28-31,33-36,41-42H,17-27H2,1-4H3;1-5H;. The van der Waals surface area contributed by atoms with Gasteiger partial charge < -0.3 is 0 Å². The Kier molecular flexibility index (Phi) is 2.54. The van der Waals surface area contributed by atoms with Gasteiger partial charge in [-0.3, -0.25) is 0 Å². The summed E-state index contributed by atoms with van der Waals surface area (Å²) in [6, 6.07) is 24.9. The van der Waals surface area contributed by atoms with E-state index in [4.69, 9.17) is 0 Å². The Hall–Kier alpha value is -0.611. The molecule has 0 nitrogen and oxygen atoms in total. The molecule has 2 aromatic carbocycles. The van der Waals surface area contributed by atoms with Crippen LogP contribution in [0.2, 0.25) is 46.7 Å². The van der Waals surface area contributed by atoms with Gasteiger partial charge in [0.2, 0.25) is 0 Å². The number of fused-ring (bicyclic) bond motifs is 10. The molecule has 10 saturated heterocycles. The van der Waals surface area contributed by atoms with Crippen molar-refractivity contribution < 1.29 is 6.51 Å². The molecule has 18 fully saturated rings. The van der Waals surface area contributed by atoms with Crippen LogP contribution in [0.3, 0.4) is 0 Å². The van der Waals surface area contributed by atoms with E-state index in [1.165, 1.54) is 45.0 Å². The molecular formula is C49H61FeP. The van der Waals surface area contributed by atoms with Crippen molar-refractivity contribution in [1.82, 2.24) is 0 Å². The van der Waals surface area contributed by atoms with Crippen LogP contribution in [0.5, 0.6) is 0 Å². The summed E-state index contributed by atoms with van der Waals surface area (Å²) in [5.41, 5.74) is 6.56. The molecule has 8 saturated carbocycles. The molecule has 2 aromatic rings. The van der Waals surface area contributed by atoms with Gasteiger partial charge in [0.25, 0.3) is 0 Å². The molecule has 0 aromatic heterocycles. The summed E-state index contributed by atoms with van der Waals surface area (Å²) in [5.74, 6) is 9.09. The summed E-state index contributed by atoms with van der Waals surface area (Å²) in [7, 11) is 0.108. The number of rotatable bonds is 8. The van der Waals surface area contributed by atoms with Gasteiger partial charge in [0.15, 0.2) is 0 Å². The van der Waals surface area contributed by atoms with Gasteiger partial charge >= 0.3 is 300 Å². The average molecular weight is 737 g/mol. The molecule has 8 bridgehead atoms. The quantitative estimate of drug-likeness (QED) is 0.187. The van der Waals surface area contributed by atoms with Crippen molar-refractivity contribution >= 4 is 7.92 Å².